The average molecular weight is 479 g/mol. The summed E-state index contributed by atoms with van der Waals surface area (Å²) in [5, 5.41) is 0. The van der Waals surface area contributed by atoms with Crippen LogP contribution in [0.5, 0.6) is 0 Å². The van der Waals surface area contributed by atoms with Crippen LogP contribution in [-0.4, -0.2) is 44.0 Å². The summed E-state index contributed by atoms with van der Waals surface area (Å²) in [6.07, 6.45) is 2.08. The van der Waals surface area contributed by atoms with E-state index >= 15 is 0 Å². The Kier molecular flexibility index (Phi) is 7.69. The molecule has 10 heteroatoms. The summed E-state index contributed by atoms with van der Waals surface area (Å²) in [6, 6.07) is 14.6. The fraction of sp³-hybridized carbons (Fsp3) is 0.286. The van der Waals surface area contributed by atoms with Crippen molar-refractivity contribution in [1.82, 2.24) is 4.57 Å². The van der Waals surface area contributed by atoms with Crippen molar-refractivity contribution < 1.29 is 22.7 Å². The molecule has 0 unspecified atom stereocenters. The lowest BCUT2D eigenvalue weighted by Crippen LogP contribution is -2.22. The molecule has 0 aliphatic carbocycles. The normalized spacial score (nSPS) is 12.3. The summed E-state index contributed by atoms with van der Waals surface area (Å²) < 4.78 is 30.7. The van der Waals surface area contributed by atoms with E-state index in [1.807, 2.05) is 30.3 Å². The largest absolute Gasteiger partial charge is 0.468 e. The van der Waals surface area contributed by atoms with Gasteiger partial charge in [-0.15, -0.1) is 11.8 Å². The van der Waals surface area contributed by atoms with Crippen LogP contribution in [0.1, 0.15) is 12.8 Å². The van der Waals surface area contributed by atoms with Crippen LogP contribution in [0.15, 0.2) is 63.3 Å². The molecular formula is C21H22N2O5S3. The Labute approximate surface area is 188 Å². The van der Waals surface area contributed by atoms with Gasteiger partial charge >= 0.3 is 5.97 Å². The molecule has 3 aromatic rings. The molecule has 0 atom stereocenters. The Morgan fingerprint density at radius 2 is 1.90 bits per heavy atom. The van der Waals surface area contributed by atoms with Crippen molar-refractivity contribution in [1.29, 1.82) is 0 Å². The summed E-state index contributed by atoms with van der Waals surface area (Å²) in [7, 11) is -2.10. The predicted octanol–water partition coefficient (Wildman–Crippen LogP) is 3.28. The number of hydrogen-bond acceptors (Lipinski definition) is 7. The number of benzene rings is 2. The molecule has 0 N–H and O–H groups in total. The number of sulfone groups is 1. The molecule has 0 aliphatic heterocycles. The fourth-order valence-electron chi connectivity index (χ4n) is 2.81. The van der Waals surface area contributed by atoms with E-state index in [4.69, 9.17) is 4.74 Å². The highest BCUT2D eigenvalue weighted by atomic mass is 32.2. The second-order valence-corrected chi connectivity index (χ2v) is 10.9. The molecular weight excluding hydrogens is 456 g/mol. The van der Waals surface area contributed by atoms with Crippen LogP contribution in [0.2, 0.25) is 0 Å². The molecule has 1 amide bonds. The monoisotopic (exact) mass is 478 g/mol. The number of amides is 1. The van der Waals surface area contributed by atoms with Crippen molar-refractivity contribution >= 4 is 55.0 Å². The zero-order valence-corrected chi connectivity index (χ0v) is 19.6. The molecule has 0 fully saturated rings. The van der Waals surface area contributed by atoms with Gasteiger partial charge in [0.05, 0.1) is 22.2 Å². The summed E-state index contributed by atoms with van der Waals surface area (Å²) >= 11 is 2.85. The number of fused-ring (bicyclic) bond motifs is 1. The Balaban J connectivity index is 1.82. The van der Waals surface area contributed by atoms with Gasteiger partial charge in [0.2, 0.25) is 5.91 Å². The third kappa shape index (κ3) is 6.28. The molecule has 7 nitrogen and oxygen atoms in total. The number of thiazole rings is 1. The van der Waals surface area contributed by atoms with E-state index in [2.05, 4.69) is 4.99 Å². The first-order chi connectivity index (χ1) is 14.8. The van der Waals surface area contributed by atoms with Gasteiger partial charge in [-0.3, -0.25) is 9.59 Å². The van der Waals surface area contributed by atoms with E-state index in [1.165, 1.54) is 30.6 Å². The highest BCUT2D eigenvalue weighted by Crippen LogP contribution is 2.22. The summed E-state index contributed by atoms with van der Waals surface area (Å²) in [5.74, 6) is 0.0135. The van der Waals surface area contributed by atoms with Gasteiger partial charge in [-0.1, -0.05) is 29.5 Å². The van der Waals surface area contributed by atoms with Gasteiger partial charge in [0.25, 0.3) is 0 Å². The first-order valence-corrected chi connectivity index (χ1v) is 13.1. The maximum atomic E-state index is 12.4. The second kappa shape index (κ2) is 10.3. The number of thioether (sulfide) groups is 1. The lowest BCUT2D eigenvalue weighted by Gasteiger charge is -2.04. The molecule has 31 heavy (non-hydrogen) atoms. The number of esters is 1. The molecule has 0 bridgehead atoms. The third-order valence-electron chi connectivity index (χ3n) is 4.36. The van der Waals surface area contributed by atoms with E-state index < -0.39 is 15.8 Å². The number of ether oxygens (including phenoxy) is 1. The topological polar surface area (TPSA) is 94.8 Å². The Hall–Kier alpha value is -2.43. The minimum atomic E-state index is -3.38. The SMILES string of the molecule is COC(=O)Cn1c(=NC(=O)CCCSc2ccccc2)sc2cc(S(C)(=O)=O)ccc21. The molecule has 3 rings (SSSR count). The first kappa shape index (κ1) is 23.2. The van der Waals surface area contributed by atoms with E-state index in [0.29, 0.717) is 21.4 Å². The van der Waals surface area contributed by atoms with Crippen LogP contribution < -0.4 is 4.80 Å². The highest BCUT2D eigenvalue weighted by Gasteiger charge is 2.15. The minimum Gasteiger partial charge on any atom is -0.468 e. The van der Waals surface area contributed by atoms with Crippen LogP contribution in [0.4, 0.5) is 0 Å². The number of rotatable bonds is 8. The van der Waals surface area contributed by atoms with Crippen LogP contribution in [0.3, 0.4) is 0 Å². The second-order valence-electron chi connectivity index (χ2n) is 6.72. The summed E-state index contributed by atoms with van der Waals surface area (Å²) in [4.78, 5) is 30.2. The average Bonchev–Trinajstić information content (AvgIpc) is 3.07. The van der Waals surface area contributed by atoms with Gasteiger partial charge in [0.15, 0.2) is 14.6 Å². The van der Waals surface area contributed by atoms with Crippen molar-refractivity contribution in [3.63, 3.8) is 0 Å². The Morgan fingerprint density at radius 1 is 1.16 bits per heavy atom. The molecule has 164 valence electrons. The van der Waals surface area contributed by atoms with Gasteiger partial charge in [0, 0.05) is 17.6 Å². The summed E-state index contributed by atoms with van der Waals surface area (Å²) in [6.45, 7) is -0.120. The predicted molar refractivity (Wildman–Crippen MR) is 122 cm³/mol. The van der Waals surface area contributed by atoms with Crippen molar-refractivity contribution in [3.8, 4) is 0 Å². The van der Waals surface area contributed by atoms with Crippen LogP contribution in [-0.2, 0) is 30.7 Å². The van der Waals surface area contributed by atoms with E-state index in [9.17, 15) is 18.0 Å². The van der Waals surface area contributed by atoms with Gasteiger partial charge in [0.1, 0.15) is 6.54 Å². The van der Waals surface area contributed by atoms with E-state index in [1.54, 1.807) is 22.4 Å². The molecule has 0 spiro atoms. The van der Waals surface area contributed by atoms with Crippen molar-refractivity contribution in [2.24, 2.45) is 4.99 Å². The maximum Gasteiger partial charge on any atom is 0.325 e. The van der Waals surface area contributed by atoms with E-state index in [-0.39, 0.29) is 23.8 Å². The molecule has 0 radical (unpaired) electrons. The fourth-order valence-corrected chi connectivity index (χ4v) is 5.49. The van der Waals surface area contributed by atoms with Crippen LogP contribution in [0, 0.1) is 0 Å². The Bertz CT molecular complexity index is 1260. The quantitative estimate of drug-likeness (QED) is 0.280. The smallest absolute Gasteiger partial charge is 0.325 e. The molecule has 1 aromatic heterocycles. The van der Waals surface area contributed by atoms with Gasteiger partial charge < -0.3 is 9.30 Å². The zero-order chi connectivity index (χ0) is 22.4. The van der Waals surface area contributed by atoms with Gasteiger partial charge in [-0.05, 0) is 42.5 Å². The molecule has 2 aromatic carbocycles. The lowest BCUT2D eigenvalue weighted by molar-refractivity contribution is -0.141. The third-order valence-corrected chi connectivity index (χ3v) is 7.61. The number of carbonyl (C=O) groups excluding carboxylic acids is 2. The zero-order valence-electron chi connectivity index (χ0n) is 17.1. The number of methoxy groups -OCH3 is 1. The van der Waals surface area contributed by atoms with Crippen molar-refractivity contribution in [3.05, 3.63) is 53.3 Å². The molecule has 0 aliphatic rings. The summed E-state index contributed by atoms with van der Waals surface area (Å²) in [5.41, 5.74) is 0.619. The molecule has 0 saturated heterocycles. The molecule has 1 heterocycles. The van der Waals surface area contributed by atoms with Crippen molar-refractivity contribution in [2.45, 2.75) is 29.2 Å². The number of nitrogens with zero attached hydrogens (tertiary/aromatic N) is 2. The van der Waals surface area contributed by atoms with Crippen LogP contribution in [0.25, 0.3) is 10.2 Å². The minimum absolute atomic E-state index is 0.120. The maximum absolute atomic E-state index is 12.4. The standard InChI is InChI=1S/C21H22N2O5S3/c1-28-20(25)14-23-17-11-10-16(31(2,26)27)13-18(17)30-21(23)22-19(24)9-6-12-29-15-7-4-3-5-8-15/h3-5,7-8,10-11,13H,6,9,12,14H2,1-2H3. The lowest BCUT2D eigenvalue weighted by atomic mass is 10.3. The molecule has 0 saturated carbocycles. The van der Waals surface area contributed by atoms with Gasteiger partial charge in [-0.25, -0.2) is 8.42 Å². The van der Waals surface area contributed by atoms with Gasteiger partial charge in [-0.2, -0.15) is 4.99 Å². The number of carbonyl (C=O) groups is 2. The first-order valence-electron chi connectivity index (χ1n) is 9.43. The van der Waals surface area contributed by atoms with Crippen molar-refractivity contribution in [2.75, 3.05) is 19.1 Å². The Morgan fingerprint density at radius 3 is 2.58 bits per heavy atom. The highest BCUT2D eigenvalue weighted by molar-refractivity contribution is 7.99. The van der Waals surface area contributed by atoms with Crippen LogP contribution >= 0.6 is 23.1 Å². The number of hydrogen-bond donors (Lipinski definition) is 0. The van der Waals surface area contributed by atoms with E-state index in [0.717, 1.165) is 16.9 Å². The number of aromatic nitrogens is 1.